The maximum Gasteiger partial charge on any atom is 0.0285 e. The molecular weight excluding hydrogens is 218 g/mol. The van der Waals surface area contributed by atoms with E-state index in [2.05, 4.69) is 53.6 Å². The van der Waals surface area contributed by atoms with Gasteiger partial charge in [0.2, 0.25) is 0 Å². The molecule has 2 atom stereocenters. The van der Waals surface area contributed by atoms with Gasteiger partial charge in [0.05, 0.1) is 0 Å². The lowest BCUT2D eigenvalue weighted by atomic mass is 9.86. The highest BCUT2D eigenvalue weighted by atomic mass is 15.1. The van der Waals surface area contributed by atoms with E-state index in [1.54, 1.807) is 22.3 Å². The van der Waals surface area contributed by atoms with Crippen molar-refractivity contribution in [1.82, 2.24) is 4.90 Å². The van der Waals surface area contributed by atoms with Crippen molar-refractivity contribution in [2.45, 2.75) is 66.3 Å². The highest BCUT2D eigenvalue weighted by Gasteiger charge is 2.32. The third-order valence-corrected chi connectivity index (χ3v) is 4.62. The molecule has 1 heteroatoms. The Bertz CT molecular complexity index is 347. The van der Waals surface area contributed by atoms with Gasteiger partial charge in [0.1, 0.15) is 0 Å². The van der Waals surface area contributed by atoms with E-state index in [1.165, 1.54) is 25.7 Å². The first-order valence-electron chi connectivity index (χ1n) is 7.64. The van der Waals surface area contributed by atoms with Crippen LogP contribution >= 0.6 is 0 Å². The quantitative estimate of drug-likeness (QED) is 0.653. The zero-order chi connectivity index (χ0) is 13.9. The molecule has 0 aromatic rings. The average Bonchev–Trinajstić information content (AvgIpc) is 2.69. The van der Waals surface area contributed by atoms with Gasteiger partial charge in [0, 0.05) is 12.0 Å². The van der Waals surface area contributed by atoms with Crippen molar-refractivity contribution in [2.24, 2.45) is 5.92 Å². The van der Waals surface area contributed by atoms with Gasteiger partial charge in [-0.3, -0.25) is 0 Å². The van der Waals surface area contributed by atoms with E-state index in [4.69, 9.17) is 0 Å². The smallest absolute Gasteiger partial charge is 0.0285 e. The number of hydrogen-bond acceptors (Lipinski definition) is 1. The highest BCUT2D eigenvalue weighted by Crippen LogP contribution is 2.45. The van der Waals surface area contributed by atoms with E-state index < -0.39 is 0 Å². The van der Waals surface area contributed by atoms with Gasteiger partial charge in [-0.25, -0.2) is 0 Å². The van der Waals surface area contributed by atoms with E-state index in [0.29, 0.717) is 12.0 Å². The van der Waals surface area contributed by atoms with Gasteiger partial charge in [-0.15, -0.1) is 0 Å². The van der Waals surface area contributed by atoms with Crippen LogP contribution in [0.4, 0.5) is 0 Å². The summed E-state index contributed by atoms with van der Waals surface area (Å²) in [5, 5.41) is 0. The molecule has 0 spiro atoms. The monoisotopic (exact) mass is 249 g/mol. The van der Waals surface area contributed by atoms with Crippen molar-refractivity contribution in [2.75, 3.05) is 14.1 Å². The molecule has 1 aliphatic carbocycles. The fraction of sp³-hybridized carbons (Fsp3) is 0.765. The Labute approximate surface area is 114 Å². The summed E-state index contributed by atoms with van der Waals surface area (Å²) in [5.74, 6) is 0.706. The Morgan fingerprint density at radius 2 is 1.50 bits per heavy atom. The third-order valence-electron chi connectivity index (χ3n) is 4.62. The molecule has 0 saturated carbocycles. The van der Waals surface area contributed by atoms with Crippen LogP contribution in [0, 0.1) is 5.92 Å². The van der Waals surface area contributed by atoms with E-state index >= 15 is 0 Å². The van der Waals surface area contributed by atoms with Crippen LogP contribution < -0.4 is 0 Å². The summed E-state index contributed by atoms with van der Waals surface area (Å²) in [6, 6.07) is 0.565. The lowest BCUT2D eigenvalue weighted by molar-refractivity contribution is 0.332. The standard InChI is InChI=1S/C17H31N/c1-8-13-14(9-2)16(11-4)17(15(13)10-3)12(5)18(6)7/h12,15H,8-11H2,1-7H3. The van der Waals surface area contributed by atoms with E-state index in [-0.39, 0.29) is 0 Å². The molecule has 1 aliphatic rings. The summed E-state index contributed by atoms with van der Waals surface area (Å²) in [4.78, 5) is 2.36. The van der Waals surface area contributed by atoms with E-state index in [0.717, 1.165) is 0 Å². The summed E-state index contributed by atoms with van der Waals surface area (Å²) in [5.41, 5.74) is 6.78. The van der Waals surface area contributed by atoms with Crippen LogP contribution in [0.5, 0.6) is 0 Å². The summed E-state index contributed by atoms with van der Waals surface area (Å²) < 4.78 is 0. The molecule has 104 valence electrons. The van der Waals surface area contributed by atoms with Crippen molar-refractivity contribution in [3.05, 3.63) is 22.3 Å². The van der Waals surface area contributed by atoms with Crippen molar-refractivity contribution < 1.29 is 0 Å². The number of nitrogens with zero attached hydrogens (tertiary/aromatic N) is 1. The van der Waals surface area contributed by atoms with Crippen LogP contribution in [-0.2, 0) is 0 Å². The average molecular weight is 249 g/mol. The largest absolute Gasteiger partial charge is 0.303 e. The number of likely N-dealkylation sites (N-methyl/N-ethyl adjacent to an activating group) is 1. The van der Waals surface area contributed by atoms with E-state index in [9.17, 15) is 0 Å². The van der Waals surface area contributed by atoms with Crippen LogP contribution in [0.2, 0.25) is 0 Å². The van der Waals surface area contributed by atoms with Gasteiger partial charge >= 0.3 is 0 Å². The Morgan fingerprint density at radius 3 is 1.83 bits per heavy atom. The molecule has 1 rings (SSSR count). The molecule has 0 bridgehead atoms. The molecule has 18 heavy (non-hydrogen) atoms. The Kier molecular flexibility index (Phi) is 5.65. The molecule has 0 fully saturated rings. The van der Waals surface area contributed by atoms with Crippen molar-refractivity contribution >= 4 is 0 Å². The predicted octanol–water partition coefficient (Wildman–Crippen LogP) is 4.80. The van der Waals surface area contributed by atoms with Crippen LogP contribution in [0.3, 0.4) is 0 Å². The van der Waals surface area contributed by atoms with Crippen molar-refractivity contribution in [3.8, 4) is 0 Å². The third kappa shape index (κ3) is 2.56. The molecule has 0 heterocycles. The van der Waals surface area contributed by atoms with Gasteiger partial charge in [-0.2, -0.15) is 0 Å². The second kappa shape index (κ2) is 6.56. The maximum atomic E-state index is 2.36. The van der Waals surface area contributed by atoms with Crippen LogP contribution in [0.15, 0.2) is 22.3 Å². The van der Waals surface area contributed by atoms with Gasteiger partial charge in [0.15, 0.2) is 0 Å². The Hall–Kier alpha value is -0.560. The van der Waals surface area contributed by atoms with Crippen molar-refractivity contribution in [3.63, 3.8) is 0 Å². The van der Waals surface area contributed by atoms with Gasteiger partial charge in [-0.05, 0) is 63.4 Å². The van der Waals surface area contributed by atoms with Crippen LogP contribution in [0.1, 0.15) is 60.3 Å². The molecule has 0 aromatic heterocycles. The minimum absolute atomic E-state index is 0.565. The number of hydrogen-bond donors (Lipinski definition) is 0. The molecule has 1 nitrogen and oxygen atoms in total. The van der Waals surface area contributed by atoms with Crippen LogP contribution in [0.25, 0.3) is 0 Å². The number of rotatable bonds is 6. The first-order valence-corrected chi connectivity index (χ1v) is 7.64. The molecule has 0 N–H and O–H groups in total. The minimum atomic E-state index is 0.565. The molecule has 0 amide bonds. The summed E-state index contributed by atoms with van der Waals surface area (Å²) >= 11 is 0. The molecule has 0 saturated heterocycles. The molecule has 0 aliphatic heterocycles. The lowest BCUT2D eigenvalue weighted by Gasteiger charge is -2.28. The fourth-order valence-corrected chi connectivity index (χ4v) is 3.58. The Balaban J connectivity index is 3.29. The topological polar surface area (TPSA) is 3.24 Å². The highest BCUT2D eigenvalue weighted by molar-refractivity contribution is 5.51. The van der Waals surface area contributed by atoms with Gasteiger partial charge in [-0.1, -0.05) is 33.3 Å². The molecular formula is C17H31N. The summed E-state index contributed by atoms with van der Waals surface area (Å²) in [6.07, 6.45) is 4.86. The SMILES string of the molecule is CCC1=C(CC)C(CC)C(C(C)N(C)C)=C1CC. The predicted molar refractivity (Wildman–Crippen MR) is 81.9 cm³/mol. The molecule has 2 unspecified atom stereocenters. The van der Waals surface area contributed by atoms with Crippen LogP contribution in [-0.4, -0.2) is 25.0 Å². The Morgan fingerprint density at radius 1 is 0.944 bits per heavy atom. The van der Waals surface area contributed by atoms with Gasteiger partial charge < -0.3 is 4.90 Å². The first-order chi connectivity index (χ1) is 8.53. The lowest BCUT2D eigenvalue weighted by Crippen LogP contribution is -2.30. The first kappa shape index (κ1) is 15.5. The minimum Gasteiger partial charge on any atom is -0.303 e. The van der Waals surface area contributed by atoms with Gasteiger partial charge in [0.25, 0.3) is 0 Å². The maximum absolute atomic E-state index is 2.36. The molecule has 0 aromatic carbocycles. The van der Waals surface area contributed by atoms with E-state index in [1.807, 2.05) is 0 Å². The second-order valence-corrected chi connectivity index (χ2v) is 5.60. The zero-order valence-electron chi connectivity index (χ0n) is 13.4. The molecule has 0 radical (unpaired) electrons. The van der Waals surface area contributed by atoms with Crippen molar-refractivity contribution in [1.29, 1.82) is 0 Å². The zero-order valence-corrected chi connectivity index (χ0v) is 13.4. The second-order valence-electron chi connectivity index (χ2n) is 5.60. The summed E-state index contributed by atoms with van der Waals surface area (Å²) in [6.45, 7) is 11.7. The summed E-state index contributed by atoms with van der Waals surface area (Å²) in [7, 11) is 4.40. The number of allylic oxidation sites excluding steroid dienone is 3. The normalized spacial score (nSPS) is 22.3. The fourth-order valence-electron chi connectivity index (χ4n) is 3.58.